The van der Waals surface area contributed by atoms with Crippen molar-refractivity contribution < 1.29 is 28.7 Å². The van der Waals surface area contributed by atoms with Crippen molar-refractivity contribution in [3.63, 3.8) is 0 Å². The van der Waals surface area contributed by atoms with Gasteiger partial charge < -0.3 is 18.8 Å². The minimum atomic E-state index is -0.828. The minimum Gasteiger partial charge on any atom is -0.490 e. The second kappa shape index (κ2) is 9.33. The van der Waals surface area contributed by atoms with E-state index in [0.717, 1.165) is 17.5 Å². The number of methoxy groups -OCH3 is 2. The molecule has 0 spiro atoms. The van der Waals surface area contributed by atoms with Crippen molar-refractivity contribution in [3.05, 3.63) is 56.9 Å². The zero-order valence-electron chi connectivity index (χ0n) is 17.1. The standard InChI is InChI=1S/C20H24N2O7/c1-12-8-16(14(3)21(12)13(2)10-27-4)18(23)11-29-20(24)15-6-7-19(28-5)17(9-15)22(25)26/h6-9,13H,10-11H2,1-5H3/t13-/m0/s1. The van der Waals surface area contributed by atoms with E-state index in [0.29, 0.717) is 12.2 Å². The van der Waals surface area contributed by atoms with Gasteiger partial charge in [0.1, 0.15) is 0 Å². The molecule has 2 rings (SSSR count). The molecule has 0 aliphatic heterocycles. The normalized spacial score (nSPS) is 11.8. The zero-order chi connectivity index (χ0) is 21.7. The van der Waals surface area contributed by atoms with E-state index in [4.69, 9.17) is 14.2 Å². The Hall–Kier alpha value is -3.20. The highest BCUT2D eigenvalue weighted by molar-refractivity contribution is 6.00. The topological polar surface area (TPSA) is 110 Å². The molecule has 0 saturated carbocycles. The smallest absolute Gasteiger partial charge is 0.338 e. The number of hydrogen-bond donors (Lipinski definition) is 0. The van der Waals surface area contributed by atoms with E-state index < -0.39 is 17.5 Å². The first-order chi connectivity index (χ1) is 13.7. The van der Waals surface area contributed by atoms with Crippen LogP contribution in [0.4, 0.5) is 5.69 Å². The van der Waals surface area contributed by atoms with Crippen LogP contribution in [0.2, 0.25) is 0 Å². The van der Waals surface area contributed by atoms with Gasteiger partial charge in [-0.15, -0.1) is 0 Å². The van der Waals surface area contributed by atoms with Crippen LogP contribution in [-0.4, -0.2) is 48.7 Å². The number of aromatic nitrogens is 1. The highest BCUT2D eigenvalue weighted by Crippen LogP contribution is 2.28. The van der Waals surface area contributed by atoms with Crippen molar-refractivity contribution >= 4 is 17.4 Å². The van der Waals surface area contributed by atoms with Gasteiger partial charge in [-0.2, -0.15) is 0 Å². The minimum absolute atomic E-state index is 0.0280. The molecular formula is C20H24N2O7. The van der Waals surface area contributed by atoms with E-state index in [1.54, 1.807) is 13.2 Å². The molecule has 0 N–H and O–H groups in total. The number of esters is 1. The maximum absolute atomic E-state index is 12.6. The van der Waals surface area contributed by atoms with E-state index in [2.05, 4.69) is 0 Å². The maximum atomic E-state index is 12.6. The molecular weight excluding hydrogens is 380 g/mol. The van der Waals surface area contributed by atoms with Gasteiger partial charge in [-0.1, -0.05) is 0 Å². The first kappa shape index (κ1) is 22.1. The third-order valence-corrected chi connectivity index (χ3v) is 4.58. The van der Waals surface area contributed by atoms with Gasteiger partial charge in [0.05, 0.1) is 30.2 Å². The van der Waals surface area contributed by atoms with Gasteiger partial charge in [-0.05, 0) is 39.0 Å². The molecule has 0 saturated heterocycles. The first-order valence-corrected chi connectivity index (χ1v) is 8.91. The number of carbonyl (C=O) groups is 2. The number of nitrogens with zero attached hydrogens (tertiary/aromatic N) is 2. The number of ether oxygens (including phenoxy) is 3. The van der Waals surface area contributed by atoms with Crippen LogP contribution in [0.25, 0.3) is 0 Å². The molecule has 9 nitrogen and oxygen atoms in total. The largest absolute Gasteiger partial charge is 0.490 e. The summed E-state index contributed by atoms with van der Waals surface area (Å²) >= 11 is 0. The Morgan fingerprint density at radius 1 is 1.21 bits per heavy atom. The summed E-state index contributed by atoms with van der Waals surface area (Å²) in [5.41, 5.74) is 1.72. The number of hydrogen-bond acceptors (Lipinski definition) is 7. The fourth-order valence-corrected chi connectivity index (χ4v) is 3.31. The van der Waals surface area contributed by atoms with Crippen molar-refractivity contribution in [3.8, 4) is 5.75 Å². The Morgan fingerprint density at radius 3 is 2.48 bits per heavy atom. The Balaban J connectivity index is 2.13. The lowest BCUT2D eigenvalue weighted by Crippen LogP contribution is -2.17. The average Bonchev–Trinajstić information content (AvgIpc) is 2.99. The Kier molecular flexibility index (Phi) is 7.11. The van der Waals surface area contributed by atoms with Crippen LogP contribution in [0.1, 0.15) is 45.1 Å². The molecule has 1 heterocycles. The molecule has 2 aromatic rings. The van der Waals surface area contributed by atoms with Gasteiger partial charge in [0.25, 0.3) is 0 Å². The summed E-state index contributed by atoms with van der Waals surface area (Å²) in [4.78, 5) is 35.3. The molecule has 0 radical (unpaired) electrons. The lowest BCUT2D eigenvalue weighted by molar-refractivity contribution is -0.385. The summed E-state index contributed by atoms with van der Waals surface area (Å²) in [5.74, 6) is -1.16. The summed E-state index contributed by atoms with van der Waals surface area (Å²) in [6.07, 6.45) is 0. The van der Waals surface area contributed by atoms with Crippen LogP contribution >= 0.6 is 0 Å². The molecule has 1 atom stereocenters. The van der Waals surface area contributed by atoms with Crippen LogP contribution in [0.5, 0.6) is 5.75 Å². The maximum Gasteiger partial charge on any atom is 0.338 e. The Morgan fingerprint density at radius 2 is 1.90 bits per heavy atom. The zero-order valence-corrected chi connectivity index (χ0v) is 17.1. The lowest BCUT2D eigenvalue weighted by atomic mass is 10.1. The molecule has 29 heavy (non-hydrogen) atoms. The van der Waals surface area contributed by atoms with Crippen molar-refractivity contribution in [1.82, 2.24) is 4.57 Å². The van der Waals surface area contributed by atoms with Crippen LogP contribution in [0, 0.1) is 24.0 Å². The quantitative estimate of drug-likeness (QED) is 0.273. The van der Waals surface area contributed by atoms with Crippen LogP contribution in [-0.2, 0) is 9.47 Å². The third-order valence-electron chi connectivity index (χ3n) is 4.58. The molecule has 1 aromatic carbocycles. The number of Topliss-reactive ketones (excluding diaryl/α,β-unsaturated/α-hetero) is 1. The fraction of sp³-hybridized carbons (Fsp3) is 0.400. The highest BCUT2D eigenvalue weighted by atomic mass is 16.6. The third kappa shape index (κ3) is 4.80. The summed E-state index contributed by atoms with van der Waals surface area (Å²) in [7, 11) is 2.91. The van der Waals surface area contributed by atoms with Gasteiger partial charge in [0.15, 0.2) is 12.4 Å². The van der Waals surface area contributed by atoms with E-state index in [-0.39, 0.29) is 28.8 Å². The second-order valence-corrected chi connectivity index (χ2v) is 6.60. The van der Waals surface area contributed by atoms with Crippen molar-refractivity contribution in [2.75, 3.05) is 27.4 Å². The number of nitro benzene ring substituents is 1. The number of benzene rings is 1. The lowest BCUT2D eigenvalue weighted by Gasteiger charge is -2.17. The van der Waals surface area contributed by atoms with Crippen LogP contribution in [0.3, 0.4) is 0 Å². The van der Waals surface area contributed by atoms with Crippen LogP contribution in [0.15, 0.2) is 24.3 Å². The van der Waals surface area contributed by atoms with Crippen molar-refractivity contribution in [2.24, 2.45) is 0 Å². The molecule has 0 bridgehead atoms. The molecule has 0 unspecified atom stereocenters. The predicted molar refractivity (Wildman–Crippen MR) is 105 cm³/mol. The number of aryl methyl sites for hydroxylation is 1. The van der Waals surface area contributed by atoms with E-state index in [1.165, 1.54) is 19.2 Å². The number of nitro groups is 1. The van der Waals surface area contributed by atoms with E-state index >= 15 is 0 Å². The first-order valence-electron chi connectivity index (χ1n) is 8.91. The van der Waals surface area contributed by atoms with Gasteiger partial charge in [0, 0.05) is 30.1 Å². The van der Waals surface area contributed by atoms with Crippen LogP contribution < -0.4 is 4.74 Å². The Bertz CT molecular complexity index is 933. The molecule has 0 aliphatic rings. The van der Waals surface area contributed by atoms with E-state index in [1.807, 2.05) is 25.3 Å². The molecule has 0 aliphatic carbocycles. The molecule has 156 valence electrons. The summed E-state index contributed by atoms with van der Waals surface area (Å²) in [6, 6.07) is 5.50. The number of carbonyl (C=O) groups excluding carboxylic acids is 2. The Labute approximate surface area is 168 Å². The summed E-state index contributed by atoms with van der Waals surface area (Å²) in [5, 5.41) is 11.1. The van der Waals surface area contributed by atoms with Gasteiger partial charge >= 0.3 is 11.7 Å². The fourth-order valence-electron chi connectivity index (χ4n) is 3.31. The predicted octanol–water partition coefficient (Wildman–Crippen LogP) is 3.27. The number of ketones is 1. The summed E-state index contributed by atoms with van der Waals surface area (Å²) in [6.45, 7) is 5.71. The van der Waals surface area contributed by atoms with E-state index in [9.17, 15) is 19.7 Å². The molecule has 9 heteroatoms. The summed E-state index contributed by atoms with van der Waals surface area (Å²) < 4.78 is 17.1. The second-order valence-electron chi connectivity index (χ2n) is 6.60. The van der Waals surface area contributed by atoms with Gasteiger partial charge in [-0.25, -0.2) is 4.79 Å². The molecule has 0 fully saturated rings. The SMILES string of the molecule is COC[C@H](C)n1c(C)cc(C(=O)COC(=O)c2ccc(OC)c([N+](=O)[O-])c2)c1C. The van der Waals surface area contributed by atoms with Gasteiger partial charge in [0.2, 0.25) is 5.78 Å². The monoisotopic (exact) mass is 404 g/mol. The van der Waals surface area contributed by atoms with Crippen molar-refractivity contribution in [1.29, 1.82) is 0 Å². The molecule has 1 aromatic heterocycles. The molecule has 0 amide bonds. The highest BCUT2D eigenvalue weighted by Gasteiger charge is 2.22. The van der Waals surface area contributed by atoms with Crippen molar-refractivity contribution in [2.45, 2.75) is 26.8 Å². The van der Waals surface area contributed by atoms with Gasteiger partial charge in [-0.3, -0.25) is 14.9 Å². The number of rotatable bonds is 9. The average molecular weight is 404 g/mol.